The largest absolute Gasteiger partial charge is 0.442 e. The average Bonchev–Trinajstić information content (AvgIpc) is 3.11. The summed E-state index contributed by atoms with van der Waals surface area (Å²) in [6.07, 6.45) is 4.67. The normalized spacial score (nSPS) is 24.5. The van der Waals surface area contributed by atoms with E-state index in [-0.39, 0.29) is 22.9 Å². The van der Waals surface area contributed by atoms with Crippen LogP contribution in [0.2, 0.25) is 0 Å². The fraction of sp³-hybridized carbons (Fsp3) is 0.350. The van der Waals surface area contributed by atoms with Crippen molar-refractivity contribution in [3.63, 3.8) is 0 Å². The van der Waals surface area contributed by atoms with Crippen LogP contribution in [0.3, 0.4) is 0 Å². The highest BCUT2D eigenvalue weighted by molar-refractivity contribution is 6.21. The molecule has 4 rings (SSSR count). The molecule has 2 heterocycles. The molecule has 0 spiro atoms. The van der Waals surface area contributed by atoms with Crippen LogP contribution in [0.25, 0.3) is 0 Å². The lowest BCUT2D eigenvalue weighted by Crippen LogP contribution is -2.45. The third kappa shape index (κ3) is 2.64. The van der Waals surface area contributed by atoms with Crippen LogP contribution in [0.1, 0.15) is 40.5 Å². The van der Waals surface area contributed by atoms with Gasteiger partial charge in [0.2, 0.25) is 11.8 Å². The molecule has 28 heavy (non-hydrogen) atoms. The van der Waals surface area contributed by atoms with E-state index >= 15 is 0 Å². The first-order valence-corrected chi connectivity index (χ1v) is 9.05. The molecule has 2 aliphatic heterocycles. The summed E-state index contributed by atoms with van der Waals surface area (Å²) in [5, 5.41) is 0. The highest BCUT2D eigenvalue weighted by Crippen LogP contribution is 2.36. The van der Waals surface area contributed by atoms with E-state index in [1.807, 2.05) is 12.2 Å². The zero-order valence-electron chi connectivity index (χ0n) is 15.2. The van der Waals surface area contributed by atoms with Crippen molar-refractivity contribution in [3.8, 4) is 0 Å². The summed E-state index contributed by atoms with van der Waals surface area (Å²) >= 11 is 0. The number of likely N-dealkylation sites (tertiary alicyclic amines) is 1. The number of fused-ring (bicyclic) bond motifs is 2. The maximum absolute atomic E-state index is 12.6. The fourth-order valence-corrected chi connectivity index (χ4v) is 3.92. The number of ether oxygens (including phenoxy) is 1. The topological polar surface area (TPSA) is 101 Å². The second kappa shape index (κ2) is 6.70. The van der Waals surface area contributed by atoms with Gasteiger partial charge in [0.25, 0.3) is 11.8 Å². The standard InChI is InChI=1S/C20H18N2O6/c1-11(22-18(25)14-8-4-5-9-15(14)19(22)26)20(27)28-10-21-16(23)12-6-2-3-7-13(12)17(21)24/h2-7,11,14-15H,8-10H2,1H3. The lowest BCUT2D eigenvalue weighted by molar-refractivity contribution is -0.159. The van der Waals surface area contributed by atoms with Crippen molar-refractivity contribution in [2.45, 2.75) is 25.8 Å². The number of benzene rings is 1. The lowest BCUT2D eigenvalue weighted by Gasteiger charge is -2.22. The summed E-state index contributed by atoms with van der Waals surface area (Å²) in [7, 11) is 0. The highest BCUT2D eigenvalue weighted by atomic mass is 16.5. The number of nitrogens with zero attached hydrogens (tertiary/aromatic N) is 2. The van der Waals surface area contributed by atoms with E-state index in [0.717, 1.165) is 9.80 Å². The monoisotopic (exact) mass is 382 g/mol. The average molecular weight is 382 g/mol. The molecule has 3 unspecified atom stereocenters. The summed E-state index contributed by atoms with van der Waals surface area (Å²) < 4.78 is 5.11. The van der Waals surface area contributed by atoms with Crippen molar-refractivity contribution in [2.75, 3.05) is 6.73 Å². The Labute approximate surface area is 160 Å². The van der Waals surface area contributed by atoms with Crippen molar-refractivity contribution in [2.24, 2.45) is 11.8 Å². The van der Waals surface area contributed by atoms with Crippen LogP contribution in [-0.2, 0) is 19.1 Å². The number of allylic oxidation sites excluding steroid dienone is 2. The van der Waals surface area contributed by atoms with Crippen LogP contribution in [0.15, 0.2) is 36.4 Å². The molecule has 0 radical (unpaired) electrons. The Morgan fingerprint density at radius 2 is 1.50 bits per heavy atom. The number of hydrogen-bond acceptors (Lipinski definition) is 6. The molecule has 8 nitrogen and oxygen atoms in total. The Kier molecular flexibility index (Phi) is 4.33. The molecule has 144 valence electrons. The Balaban J connectivity index is 1.42. The van der Waals surface area contributed by atoms with Crippen molar-refractivity contribution < 1.29 is 28.7 Å². The number of rotatable bonds is 4. The molecule has 1 aliphatic carbocycles. The molecule has 3 atom stereocenters. The second-order valence-corrected chi connectivity index (χ2v) is 7.05. The van der Waals surface area contributed by atoms with Gasteiger partial charge in [-0.15, -0.1) is 0 Å². The number of amides is 4. The zero-order valence-corrected chi connectivity index (χ0v) is 15.2. The SMILES string of the molecule is CC(C(=O)OCN1C(=O)c2ccccc2C1=O)N1C(=O)C2CC=CCC2C1=O. The van der Waals surface area contributed by atoms with Gasteiger partial charge in [0.15, 0.2) is 6.73 Å². The van der Waals surface area contributed by atoms with Gasteiger partial charge < -0.3 is 4.74 Å². The van der Waals surface area contributed by atoms with E-state index in [2.05, 4.69) is 0 Å². The van der Waals surface area contributed by atoms with Crippen LogP contribution in [0.5, 0.6) is 0 Å². The molecule has 1 fully saturated rings. The predicted octanol–water partition coefficient (Wildman–Crippen LogP) is 1.12. The minimum Gasteiger partial charge on any atom is -0.442 e. The van der Waals surface area contributed by atoms with Gasteiger partial charge in [-0.25, -0.2) is 9.69 Å². The van der Waals surface area contributed by atoms with E-state index in [1.54, 1.807) is 12.1 Å². The summed E-state index contributed by atoms with van der Waals surface area (Å²) in [6.45, 7) is 0.839. The quantitative estimate of drug-likeness (QED) is 0.439. The minimum atomic E-state index is -1.12. The van der Waals surface area contributed by atoms with Crippen LogP contribution < -0.4 is 0 Å². The first kappa shape index (κ1) is 18.1. The molecule has 0 N–H and O–H groups in total. The van der Waals surface area contributed by atoms with E-state index in [1.165, 1.54) is 19.1 Å². The Hall–Kier alpha value is -3.29. The van der Waals surface area contributed by atoms with Crippen molar-refractivity contribution >= 4 is 29.6 Å². The molecule has 4 amide bonds. The third-order valence-electron chi connectivity index (χ3n) is 5.48. The summed E-state index contributed by atoms with van der Waals surface area (Å²) in [6, 6.07) is 5.20. The maximum atomic E-state index is 12.6. The van der Waals surface area contributed by atoms with E-state index in [9.17, 15) is 24.0 Å². The summed E-state index contributed by atoms with van der Waals surface area (Å²) in [5.41, 5.74) is 0.496. The number of imide groups is 2. The Morgan fingerprint density at radius 3 is 2.00 bits per heavy atom. The van der Waals surface area contributed by atoms with Gasteiger partial charge in [-0.05, 0) is 31.9 Å². The van der Waals surface area contributed by atoms with Gasteiger partial charge >= 0.3 is 5.97 Å². The molecule has 0 saturated carbocycles. The number of esters is 1. The molecule has 1 saturated heterocycles. The first-order chi connectivity index (χ1) is 13.4. The molecule has 3 aliphatic rings. The third-order valence-corrected chi connectivity index (χ3v) is 5.48. The molecular weight excluding hydrogens is 364 g/mol. The van der Waals surface area contributed by atoms with Crippen molar-refractivity contribution in [3.05, 3.63) is 47.5 Å². The number of carbonyl (C=O) groups is 5. The summed E-state index contributed by atoms with van der Waals surface area (Å²) in [4.78, 5) is 63.9. The van der Waals surface area contributed by atoms with Crippen LogP contribution in [-0.4, -0.2) is 52.2 Å². The zero-order chi connectivity index (χ0) is 20.0. The van der Waals surface area contributed by atoms with Gasteiger partial charge in [-0.2, -0.15) is 0 Å². The van der Waals surface area contributed by atoms with Crippen molar-refractivity contribution in [1.29, 1.82) is 0 Å². The van der Waals surface area contributed by atoms with Gasteiger partial charge in [0.1, 0.15) is 6.04 Å². The summed E-state index contributed by atoms with van der Waals surface area (Å²) in [5.74, 6) is -3.59. The molecule has 0 bridgehead atoms. The van der Waals surface area contributed by atoms with E-state index < -0.39 is 42.4 Å². The molecule has 0 aromatic heterocycles. The molecular formula is C20H18N2O6. The van der Waals surface area contributed by atoms with E-state index in [4.69, 9.17) is 4.74 Å². The van der Waals surface area contributed by atoms with Crippen LogP contribution in [0, 0.1) is 11.8 Å². The number of carbonyl (C=O) groups excluding carboxylic acids is 5. The van der Waals surface area contributed by atoms with Gasteiger partial charge in [-0.3, -0.25) is 24.1 Å². The molecule has 8 heteroatoms. The van der Waals surface area contributed by atoms with Crippen LogP contribution in [0.4, 0.5) is 0 Å². The maximum Gasteiger partial charge on any atom is 0.330 e. The van der Waals surface area contributed by atoms with Crippen molar-refractivity contribution in [1.82, 2.24) is 9.80 Å². The first-order valence-electron chi connectivity index (χ1n) is 9.05. The lowest BCUT2D eigenvalue weighted by atomic mass is 9.85. The molecule has 1 aromatic carbocycles. The predicted molar refractivity (Wildman–Crippen MR) is 94.6 cm³/mol. The Morgan fingerprint density at radius 1 is 1.00 bits per heavy atom. The van der Waals surface area contributed by atoms with E-state index in [0.29, 0.717) is 12.8 Å². The smallest absolute Gasteiger partial charge is 0.330 e. The number of hydrogen-bond donors (Lipinski definition) is 0. The minimum absolute atomic E-state index is 0.248. The highest BCUT2D eigenvalue weighted by Gasteiger charge is 2.50. The van der Waals surface area contributed by atoms with Gasteiger partial charge in [-0.1, -0.05) is 24.3 Å². The molecule has 1 aromatic rings. The van der Waals surface area contributed by atoms with Gasteiger partial charge in [0, 0.05) is 0 Å². The Bertz CT molecular complexity index is 875. The van der Waals surface area contributed by atoms with Crippen LogP contribution >= 0.6 is 0 Å². The fourth-order valence-electron chi connectivity index (χ4n) is 3.92. The second-order valence-electron chi connectivity index (χ2n) is 7.05. The van der Waals surface area contributed by atoms with Gasteiger partial charge in [0.05, 0.1) is 23.0 Å².